The van der Waals surface area contributed by atoms with Crippen molar-refractivity contribution in [3.05, 3.63) is 106 Å². The standard InChI is InChI=1S/C28H22F2N4OS/c1-15-6-8-16(9-7-15)17-12-22-25(23(35)13-17)26(18-10-19(29)14-20(30)11-18)33-27(31-22)34-28-32-21-4-2-3-5-24(21)36-28/h2-11,14,17,26H,12-13H2,1H3,(H2,31,32,33,34). The first-order chi connectivity index (χ1) is 17.4. The van der Waals surface area contributed by atoms with Gasteiger partial charge in [0.15, 0.2) is 10.9 Å². The lowest BCUT2D eigenvalue weighted by molar-refractivity contribution is -0.116. The minimum absolute atomic E-state index is 0.00366. The molecule has 2 heterocycles. The Kier molecular flexibility index (Phi) is 5.60. The Morgan fingerprint density at radius 2 is 1.72 bits per heavy atom. The molecule has 1 aliphatic carbocycles. The lowest BCUT2D eigenvalue weighted by Crippen LogP contribution is -2.39. The van der Waals surface area contributed by atoms with Gasteiger partial charge in [-0.05, 0) is 54.7 Å². The number of allylic oxidation sites excluding steroid dienone is 1. The Labute approximate surface area is 210 Å². The third-order valence-electron chi connectivity index (χ3n) is 6.58. The molecule has 0 fully saturated rings. The smallest absolute Gasteiger partial charge is 0.202 e. The molecule has 6 rings (SSSR count). The average molecular weight is 501 g/mol. The second-order valence-electron chi connectivity index (χ2n) is 9.15. The summed E-state index contributed by atoms with van der Waals surface area (Å²) >= 11 is 1.48. The van der Waals surface area contributed by atoms with Gasteiger partial charge in [-0.25, -0.2) is 18.8 Å². The molecule has 2 aliphatic rings. The molecule has 2 unspecified atom stereocenters. The number of nitrogens with one attached hydrogen (secondary N) is 2. The van der Waals surface area contributed by atoms with Crippen molar-refractivity contribution in [2.75, 3.05) is 5.32 Å². The second kappa shape index (κ2) is 8.95. The van der Waals surface area contributed by atoms with Gasteiger partial charge in [-0.2, -0.15) is 0 Å². The van der Waals surface area contributed by atoms with Crippen LogP contribution in [0.1, 0.15) is 41.5 Å². The summed E-state index contributed by atoms with van der Waals surface area (Å²) in [4.78, 5) is 22.7. The molecule has 0 saturated heterocycles. The van der Waals surface area contributed by atoms with E-state index in [1.165, 1.54) is 23.5 Å². The molecule has 4 aromatic rings. The van der Waals surface area contributed by atoms with Crippen LogP contribution < -0.4 is 10.6 Å². The summed E-state index contributed by atoms with van der Waals surface area (Å²) in [7, 11) is 0. The van der Waals surface area contributed by atoms with E-state index in [1.54, 1.807) is 0 Å². The Hall–Kier alpha value is -3.91. The number of anilines is 1. The molecule has 180 valence electrons. The molecule has 3 aromatic carbocycles. The van der Waals surface area contributed by atoms with Crippen LogP contribution in [0.2, 0.25) is 0 Å². The monoisotopic (exact) mass is 500 g/mol. The number of carbonyl (C=O) groups is 1. The lowest BCUT2D eigenvalue weighted by Gasteiger charge is -2.34. The zero-order chi connectivity index (χ0) is 24.8. The van der Waals surface area contributed by atoms with Gasteiger partial charge >= 0.3 is 0 Å². The van der Waals surface area contributed by atoms with Crippen LogP contribution >= 0.6 is 11.3 Å². The van der Waals surface area contributed by atoms with Gasteiger partial charge in [-0.3, -0.25) is 4.79 Å². The zero-order valence-electron chi connectivity index (χ0n) is 19.4. The highest BCUT2D eigenvalue weighted by molar-refractivity contribution is 7.22. The van der Waals surface area contributed by atoms with Crippen LogP contribution in [0, 0.1) is 18.6 Å². The number of nitrogens with zero attached hydrogens (tertiary/aromatic N) is 2. The van der Waals surface area contributed by atoms with E-state index in [0.29, 0.717) is 40.8 Å². The van der Waals surface area contributed by atoms with Crippen LogP contribution in [0.5, 0.6) is 0 Å². The van der Waals surface area contributed by atoms with Gasteiger partial charge in [0.1, 0.15) is 17.7 Å². The van der Waals surface area contributed by atoms with Crippen molar-refractivity contribution in [1.82, 2.24) is 10.3 Å². The van der Waals surface area contributed by atoms with Gasteiger partial charge in [0.2, 0.25) is 5.96 Å². The zero-order valence-corrected chi connectivity index (χ0v) is 20.2. The second-order valence-corrected chi connectivity index (χ2v) is 10.2. The van der Waals surface area contributed by atoms with Gasteiger partial charge in [0, 0.05) is 23.8 Å². The maximum atomic E-state index is 14.2. The third-order valence-corrected chi connectivity index (χ3v) is 7.53. The van der Waals surface area contributed by atoms with Crippen molar-refractivity contribution in [2.45, 2.75) is 31.7 Å². The molecule has 2 atom stereocenters. The van der Waals surface area contributed by atoms with Crippen LogP contribution in [-0.2, 0) is 4.79 Å². The average Bonchev–Trinajstić information content (AvgIpc) is 3.25. The largest absolute Gasteiger partial charge is 0.329 e. The van der Waals surface area contributed by atoms with Crippen LogP contribution in [-0.4, -0.2) is 16.7 Å². The van der Waals surface area contributed by atoms with Gasteiger partial charge in [-0.15, -0.1) is 0 Å². The summed E-state index contributed by atoms with van der Waals surface area (Å²) in [5, 5.41) is 7.15. The van der Waals surface area contributed by atoms with E-state index < -0.39 is 17.7 Å². The van der Waals surface area contributed by atoms with Crippen LogP contribution in [0.4, 0.5) is 13.9 Å². The number of benzene rings is 3. The van der Waals surface area contributed by atoms with E-state index in [2.05, 4.69) is 27.8 Å². The maximum Gasteiger partial charge on any atom is 0.202 e. The molecule has 36 heavy (non-hydrogen) atoms. The Morgan fingerprint density at radius 1 is 0.972 bits per heavy atom. The fourth-order valence-electron chi connectivity index (χ4n) is 4.87. The number of hydrogen-bond acceptors (Lipinski definition) is 6. The highest BCUT2D eigenvalue weighted by Crippen LogP contribution is 2.42. The minimum atomic E-state index is -0.824. The molecular formula is C28H22F2N4OS. The fraction of sp³-hybridized carbons (Fsp3) is 0.179. The number of ketones is 1. The fourth-order valence-corrected chi connectivity index (χ4v) is 5.74. The van der Waals surface area contributed by atoms with Gasteiger partial charge in [0.05, 0.1) is 10.2 Å². The molecular weight excluding hydrogens is 478 g/mol. The molecule has 5 nitrogen and oxygen atoms in total. The molecule has 2 N–H and O–H groups in total. The normalized spacial score (nSPS) is 19.6. The number of hydrogen-bond donors (Lipinski definition) is 2. The molecule has 0 bridgehead atoms. The number of thiazole rings is 1. The number of aromatic nitrogens is 1. The van der Waals surface area contributed by atoms with E-state index in [1.807, 2.05) is 43.3 Å². The first-order valence-corrected chi connectivity index (χ1v) is 12.5. The van der Waals surface area contributed by atoms with Gasteiger partial charge in [-0.1, -0.05) is 53.3 Å². The highest BCUT2D eigenvalue weighted by atomic mass is 32.1. The summed E-state index contributed by atoms with van der Waals surface area (Å²) in [6.45, 7) is 2.03. The quantitative estimate of drug-likeness (QED) is 0.342. The van der Waals surface area contributed by atoms with E-state index in [0.717, 1.165) is 27.4 Å². The van der Waals surface area contributed by atoms with Gasteiger partial charge < -0.3 is 10.6 Å². The number of carbonyl (C=O) groups excluding carboxylic acids is 1. The summed E-state index contributed by atoms with van der Waals surface area (Å²) in [5.74, 6) is -1.10. The molecule has 0 radical (unpaired) electrons. The predicted molar refractivity (Wildman–Crippen MR) is 138 cm³/mol. The summed E-state index contributed by atoms with van der Waals surface area (Å²) in [6, 6.07) is 18.4. The number of rotatable bonds is 3. The molecule has 8 heteroatoms. The van der Waals surface area contributed by atoms with E-state index in [4.69, 9.17) is 4.99 Å². The van der Waals surface area contributed by atoms with Crippen molar-refractivity contribution in [2.24, 2.45) is 4.99 Å². The molecule has 0 saturated carbocycles. The molecule has 1 aliphatic heterocycles. The first-order valence-electron chi connectivity index (χ1n) is 11.7. The highest BCUT2D eigenvalue weighted by Gasteiger charge is 2.37. The van der Waals surface area contributed by atoms with Crippen molar-refractivity contribution in [3.63, 3.8) is 0 Å². The van der Waals surface area contributed by atoms with Crippen molar-refractivity contribution >= 4 is 38.4 Å². The topological polar surface area (TPSA) is 66.4 Å². The minimum Gasteiger partial charge on any atom is -0.329 e. The van der Waals surface area contributed by atoms with Crippen LogP contribution in [0.3, 0.4) is 0 Å². The molecule has 0 amide bonds. The maximum absolute atomic E-state index is 14.2. The Morgan fingerprint density at radius 3 is 2.47 bits per heavy atom. The first kappa shape index (κ1) is 22.5. The SMILES string of the molecule is Cc1ccc(C2CC(=O)C3=C(C2)NC(Nc2nc4ccccc4s2)=NC3c2cc(F)cc(F)c2)cc1. The summed E-state index contributed by atoms with van der Waals surface area (Å²) in [5.41, 5.74) is 4.56. The Balaban J connectivity index is 1.39. The molecule has 0 spiro atoms. The lowest BCUT2D eigenvalue weighted by atomic mass is 9.78. The summed E-state index contributed by atoms with van der Waals surface area (Å²) < 4.78 is 29.3. The third kappa shape index (κ3) is 4.28. The Bertz CT molecular complexity index is 1500. The van der Waals surface area contributed by atoms with Crippen molar-refractivity contribution < 1.29 is 13.6 Å². The summed E-state index contributed by atoms with van der Waals surface area (Å²) in [6.07, 6.45) is 0.896. The van der Waals surface area contributed by atoms with E-state index >= 15 is 0 Å². The molecule has 1 aromatic heterocycles. The predicted octanol–water partition coefficient (Wildman–Crippen LogP) is 6.40. The number of fused-ring (bicyclic) bond motifs is 1. The van der Waals surface area contributed by atoms with E-state index in [9.17, 15) is 13.6 Å². The number of aryl methyl sites for hydroxylation is 1. The number of aliphatic imine (C=N–C) groups is 1. The van der Waals surface area contributed by atoms with Crippen LogP contribution in [0.15, 0.2) is 83.0 Å². The van der Waals surface area contributed by atoms with Crippen LogP contribution in [0.25, 0.3) is 10.2 Å². The van der Waals surface area contributed by atoms with Crippen molar-refractivity contribution in [3.8, 4) is 0 Å². The number of Topliss-reactive ketones (excluding diaryl/α,β-unsaturated/α-hetero) is 1. The van der Waals surface area contributed by atoms with Gasteiger partial charge in [0.25, 0.3) is 0 Å². The number of halogens is 2. The van der Waals surface area contributed by atoms with E-state index in [-0.39, 0.29) is 11.7 Å². The van der Waals surface area contributed by atoms with Crippen molar-refractivity contribution in [1.29, 1.82) is 0 Å². The number of guanidine groups is 1. The number of para-hydroxylation sites is 1.